The van der Waals surface area contributed by atoms with Gasteiger partial charge in [-0.3, -0.25) is 0 Å². The van der Waals surface area contributed by atoms with Crippen molar-refractivity contribution in [2.75, 3.05) is 0 Å². The molecule has 0 atom stereocenters. The third kappa shape index (κ3) is 2.30. The number of hydrogen-bond donors (Lipinski definition) is 0. The van der Waals surface area contributed by atoms with Gasteiger partial charge in [-0.25, -0.2) is 0 Å². The van der Waals surface area contributed by atoms with Gasteiger partial charge in [-0.05, 0) is 18.1 Å². The van der Waals surface area contributed by atoms with Gasteiger partial charge >= 0.3 is 18.0 Å². The molecule has 0 unspecified atom stereocenters. The summed E-state index contributed by atoms with van der Waals surface area (Å²) in [6, 6.07) is 3.60. The van der Waals surface area contributed by atoms with E-state index < -0.39 is 23.6 Å². The summed E-state index contributed by atoms with van der Waals surface area (Å²) < 4.78 is 88.0. The highest BCUT2D eigenvalue weighted by Gasteiger charge is 2.73. The molecule has 1 rings (SSSR count). The Morgan fingerprint density at radius 1 is 0.944 bits per heavy atom. The van der Waals surface area contributed by atoms with Crippen LogP contribution < -0.4 is 0 Å². The molecule has 1 aromatic carbocycles. The molecule has 0 nitrogen and oxygen atoms in total. The molecule has 0 amide bonds. The SMILES string of the molecule is CCc1cccc(C(F)(F)C(F)(F)C(F)(F)F)c1. The molecule has 1 aromatic rings. The molecular formula is C11H9F7. The molecule has 0 spiro atoms. The van der Waals surface area contributed by atoms with E-state index in [1.54, 1.807) is 6.92 Å². The third-order valence-electron chi connectivity index (χ3n) is 2.45. The first-order valence-electron chi connectivity index (χ1n) is 4.95. The van der Waals surface area contributed by atoms with Crippen molar-refractivity contribution in [2.24, 2.45) is 0 Å². The van der Waals surface area contributed by atoms with E-state index in [2.05, 4.69) is 0 Å². The van der Waals surface area contributed by atoms with Crippen LogP contribution in [0.4, 0.5) is 30.7 Å². The van der Waals surface area contributed by atoms with Crippen molar-refractivity contribution in [1.82, 2.24) is 0 Å². The third-order valence-corrected chi connectivity index (χ3v) is 2.45. The van der Waals surface area contributed by atoms with Gasteiger partial charge in [0.05, 0.1) is 0 Å². The highest BCUT2D eigenvalue weighted by Crippen LogP contribution is 2.51. The van der Waals surface area contributed by atoms with E-state index in [1.165, 1.54) is 6.07 Å². The number of alkyl halides is 7. The minimum Gasteiger partial charge on any atom is -0.194 e. The van der Waals surface area contributed by atoms with Crippen LogP contribution in [-0.4, -0.2) is 12.1 Å². The molecule has 0 saturated carbocycles. The lowest BCUT2D eigenvalue weighted by molar-refractivity contribution is -0.359. The maximum absolute atomic E-state index is 13.3. The first kappa shape index (κ1) is 14.8. The quantitative estimate of drug-likeness (QED) is 0.710. The Morgan fingerprint density at radius 3 is 1.94 bits per heavy atom. The summed E-state index contributed by atoms with van der Waals surface area (Å²) in [5.41, 5.74) is -1.09. The van der Waals surface area contributed by atoms with E-state index in [0.29, 0.717) is 12.1 Å². The number of halogens is 7. The van der Waals surface area contributed by atoms with Crippen LogP contribution in [0, 0.1) is 0 Å². The van der Waals surface area contributed by atoms with Crippen molar-refractivity contribution in [3.05, 3.63) is 35.4 Å². The highest BCUT2D eigenvalue weighted by atomic mass is 19.4. The standard InChI is InChI=1S/C11H9F7/c1-2-7-4-3-5-8(6-7)9(12,13)10(14,15)11(16,17)18/h3-6H,2H2,1H3. The molecular weight excluding hydrogens is 265 g/mol. The molecule has 102 valence electrons. The van der Waals surface area contributed by atoms with Crippen molar-refractivity contribution < 1.29 is 30.7 Å². The van der Waals surface area contributed by atoms with Gasteiger partial charge in [0.25, 0.3) is 0 Å². The minimum atomic E-state index is -6.31. The molecule has 0 bridgehead atoms. The van der Waals surface area contributed by atoms with Crippen LogP contribution in [0.3, 0.4) is 0 Å². The van der Waals surface area contributed by atoms with E-state index in [1.807, 2.05) is 0 Å². The number of hydrogen-bond acceptors (Lipinski definition) is 0. The summed E-state index contributed by atoms with van der Waals surface area (Å²) in [5.74, 6) is -11.4. The van der Waals surface area contributed by atoms with Crippen LogP contribution in [0.2, 0.25) is 0 Å². The van der Waals surface area contributed by atoms with Gasteiger partial charge in [-0.15, -0.1) is 0 Å². The summed E-state index contributed by atoms with van der Waals surface area (Å²) in [5, 5.41) is 0. The van der Waals surface area contributed by atoms with E-state index in [4.69, 9.17) is 0 Å². The zero-order valence-corrected chi connectivity index (χ0v) is 9.16. The lowest BCUT2D eigenvalue weighted by Crippen LogP contribution is -2.50. The lowest BCUT2D eigenvalue weighted by atomic mass is 9.99. The normalized spacial score (nSPS) is 13.8. The molecule has 0 aliphatic heterocycles. The second-order valence-electron chi connectivity index (χ2n) is 3.70. The Kier molecular flexibility index (Phi) is 3.65. The van der Waals surface area contributed by atoms with Gasteiger partial charge in [0.2, 0.25) is 0 Å². The summed E-state index contributed by atoms with van der Waals surface area (Å²) in [6.45, 7) is 1.57. The zero-order chi connectivity index (χ0) is 14.2. The van der Waals surface area contributed by atoms with Crippen LogP contribution in [0.5, 0.6) is 0 Å². The second kappa shape index (κ2) is 4.44. The minimum absolute atomic E-state index is 0.251. The molecule has 0 aliphatic rings. The van der Waals surface area contributed by atoms with Gasteiger partial charge in [-0.1, -0.05) is 25.1 Å². The largest absolute Gasteiger partial charge is 0.460 e. The van der Waals surface area contributed by atoms with E-state index >= 15 is 0 Å². The monoisotopic (exact) mass is 274 g/mol. The number of rotatable bonds is 3. The Morgan fingerprint density at radius 2 is 1.50 bits per heavy atom. The summed E-state index contributed by atoms with van der Waals surface area (Å²) in [7, 11) is 0. The first-order valence-corrected chi connectivity index (χ1v) is 4.95. The number of aryl methyl sites for hydroxylation is 1. The molecule has 0 aliphatic carbocycles. The maximum Gasteiger partial charge on any atom is 0.460 e. The molecule has 0 saturated heterocycles. The van der Waals surface area contributed by atoms with Gasteiger partial charge in [0, 0.05) is 5.56 Å². The zero-order valence-electron chi connectivity index (χ0n) is 9.16. The van der Waals surface area contributed by atoms with Crippen LogP contribution in [0.15, 0.2) is 24.3 Å². The summed E-state index contributed by atoms with van der Waals surface area (Å²) in [6.07, 6.45) is -6.06. The van der Waals surface area contributed by atoms with Gasteiger partial charge in [-0.2, -0.15) is 30.7 Å². The molecule has 0 radical (unpaired) electrons. The van der Waals surface area contributed by atoms with Gasteiger partial charge in [0.15, 0.2) is 0 Å². The average molecular weight is 274 g/mol. The highest BCUT2D eigenvalue weighted by molar-refractivity contribution is 5.29. The maximum atomic E-state index is 13.3. The molecule has 0 heterocycles. The van der Waals surface area contributed by atoms with Crippen LogP contribution in [0.1, 0.15) is 18.1 Å². The van der Waals surface area contributed by atoms with Gasteiger partial charge < -0.3 is 0 Å². The molecule has 0 N–H and O–H groups in total. The van der Waals surface area contributed by atoms with E-state index in [-0.39, 0.29) is 12.0 Å². The van der Waals surface area contributed by atoms with Crippen molar-refractivity contribution in [3.8, 4) is 0 Å². The predicted octanol–water partition coefficient (Wildman–Crippen LogP) is 4.54. The fraction of sp³-hybridized carbons (Fsp3) is 0.455. The Balaban J connectivity index is 3.28. The Hall–Kier alpha value is -1.27. The van der Waals surface area contributed by atoms with Crippen LogP contribution in [0.25, 0.3) is 0 Å². The number of benzene rings is 1. The van der Waals surface area contributed by atoms with Crippen molar-refractivity contribution in [3.63, 3.8) is 0 Å². The summed E-state index contributed by atoms with van der Waals surface area (Å²) in [4.78, 5) is 0. The van der Waals surface area contributed by atoms with Crippen molar-refractivity contribution >= 4 is 0 Å². The molecule has 0 aromatic heterocycles. The Bertz CT molecular complexity index is 420. The first-order chi connectivity index (χ1) is 8.04. The molecule has 0 fully saturated rings. The molecule has 18 heavy (non-hydrogen) atoms. The Labute approximate surface area is 98.4 Å². The topological polar surface area (TPSA) is 0 Å². The fourth-order valence-electron chi connectivity index (χ4n) is 1.35. The molecule has 7 heteroatoms. The van der Waals surface area contributed by atoms with Crippen molar-refractivity contribution in [1.29, 1.82) is 0 Å². The summed E-state index contributed by atoms with van der Waals surface area (Å²) >= 11 is 0. The average Bonchev–Trinajstić information content (AvgIpc) is 2.27. The van der Waals surface area contributed by atoms with Crippen molar-refractivity contribution in [2.45, 2.75) is 31.4 Å². The smallest absolute Gasteiger partial charge is 0.194 e. The fourth-order valence-corrected chi connectivity index (χ4v) is 1.35. The van der Waals surface area contributed by atoms with Crippen LogP contribution in [-0.2, 0) is 12.3 Å². The lowest BCUT2D eigenvalue weighted by Gasteiger charge is -2.28. The van der Waals surface area contributed by atoms with E-state index in [9.17, 15) is 30.7 Å². The second-order valence-corrected chi connectivity index (χ2v) is 3.70. The predicted molar refractivity (Wildman–Crippen MR) is 50.7 cm³/mol. The van der Waals surface area contributed by atoms with E-state index in [0.717, 1.165) is 6.07 Å². The van der Waals surface area contributed by atoms with Crippen LogP contribution >= 0.6 is 0 Å². The van der Waals surface area contributed by atoms with Gasteiger partial charge in [0.1, 0.15) is 0 Å².